The second kappa shape index (κ2) is 9.83. The second-order valence-corrected chi connectivity index (χ2v) is 5.79. The lowest BCUT2D eigenvalue weighted by atomic mass is 10.2. The highest BCUT2D eigenvalue weighted by Gasteiger charge is 2.11. The molecule has 0 spiro atoms. The predicted octanol–water partition coefficient (Wildman–Crippen LogP) is 2.02. The molecule has 0 aliphatic heterocycles. The molecule has 0 fully saturated rings. The van der Waals surface area contributed by atoms with E-state index in [0.29, 0.717) is 28.5 Å². The minimum absolute atomic E-state index is 0.218. The number of aryl methyl sites for hydroxylation is 1. The van der Waals surface area contributed by atoms with Crippen molar-refractivity contribution in [2.45, 2.75) is 6.92 Å². The molecule has 2 N–H and O–H groups in total. The number of nitriles is 1. The summed E-state index contributed by atoms with van der Waals surface area (Å²) in [7, 11) is 2.95. The Morgan fingerprint density at radius 1 is 1.00 bits per heavy atom. The summed E-state index contributed by atoms with van der Waals surface area (Å²) in [5.41, 5.74) is 1.90. The summed E-state index contributed by atoms with van der Waals surface area (Å²) in [6, 6.07) is 12.0. The molecule has 0 bridgehead atoms. The average Bonchev–Trinajstić information content (AvgIpc) is 2.70. The zero-order valence-electron chi connectivity index (χ0n) is 15.9. The number of benzene rings is 2. The number of rotatable bonds is 8. The fourth-order valence-electron chi connectivity index (χ4n) is 2.34. The van der Waals surface area contributed by atoms with Gasteiger partial charge in [-0.3, -0.25) is 9.59 Å². The maximum absolute atomic E-state index is 12.1. The van der Waals surface area contributed by atoms with Crippen molar-refractivity contribution in [3.63, 3.8) is 0 Å². The Morgan fingerprint density at radius 2 is 1.71 bits per heavy atom. The first-order chi connectivity index (χ1) is 13.5. The number of nitrogens with one attached hydrogen (secondary N) is 2. The number of anilines is 1. The third-order valence-electron chi connectivity index (χ3n) is 3.73. The Bertz CT molecular complexity index is 905. The lowest BCUT2D eigenvalue weighted by molar-refractivity contribution is -0.125. The van der Waals surface area contributed by atoms with E-state index < -0.39 is 11.8 Å². The highest BCUT2D eigenvalue weighted by Crippen LogP contribution is 2.27. The first-order valence-electron chi connectivity index (χ1n) is 8.39. The topological polar surface area (TPSA) is 110 Å². The van der Waals surface area contributed by atoms with Crippen LogP contribution < -0.4 is 24.8 Å². The zero-order valence-corrected chi connectivity index (χ0v) is 15.9. The fourth-order valence-corrected chi connectivity index (χ4v) is 2.34. The van der Waals surface area contributed by atoms with Gasteiger partial charge in [0.15, 0.2) is 18.1 Å². The van der Waals surface area contributed by atoms with Crippen molar-refractivity contribution in [2.75, 3.05) is 32.7 Å². The molecule has 146 valence electrons. The molecular weight excluding hydrogens is 362 g/mol. The summed E-state index contributed by atoms with van der Waals surface area (Å²) in [5.74, 6) is 0.328. The van der Waals surface area contributed by atoms with Gasteiger partial charge in [-0.2, -0.15) is 5.26 Å². The van der Waals surface area contributed by atoms with Gasteiger partial charge in [-0.05, 0) is 36.8 Å². The molecule has 8 heteroatoms. The van der Waals surface area contributed by atoms with Crippen LogP contribution in [0.4, 0.5) is 5.69 Å². The van der Waals surface area contributed by atoms with Crippen molar-refractivity contribution < 1.29 is 23.8 Å². The van der Waals surface area contributed by atoms with Crippen LogP contribution in [0, 0.1) is 18.3 Å². The van der Waals surface area contributed by atoms with E-state index in [1.807, 2.05) is 19.1 Å². The molecule has 2 rings (SSSR count). The van der Waals surface area contributed by atoms with Crippen molar-refractivity contribution >= 4 is 17.5 Å². The quantitative estimate of drug-likeness (QED) is 0.722. The monoisotopic (exact) mass is 383 g/mol. The summed E-state index contributed by atoms with van der Waals surface area (Å²) in [5, 5.41) is 14.1. The number of hydrogen-bond donors (Lipinski definition) is 2. The highest BCUT2D eigenvalue weighted by molar-refractivity contribution is 5.95. The molecule has 0 aliphatic rings. The molecule has 8 nitrogen and oxygen atoms in total. The minimum Gasteiger partial charge on any atom is -0.495 e. The molecule has 0 saturated carbocycles. The van der Waals surface area contributed by atoms with Crippen molar-refractivity contribution in [3.05, 3.63) is 47.5 Å². The van der Waals surface area contributed by atoms with E-state index in [4.69, 9.17) is 19.5 Å². The van der Waals surface area contributed by atoms with Crippen LogP contribution in [0.1, 0.15) is 11.1 Å². The molecule has 0 aliphatic carbocycles. The van der Waals surface area contributed by atoms with Crippen LogP contribution in [-0.4, -0.2) is 39.2 Å². The fraction of sp³-hybridized carbons (Fsp3) is 0.250. The van der Waals surface area contributed by atoms with Gasteiger partial charge in [0.1, 0.15) is 5.75 Å². The molecule has 0 heterocycles. The average molecular weight is 383 g/mol. The number of nitrogens with zero attached hydrogens (tertiary/aromatic N) is 1. The number of methoxy groups -OCH3 is 2. The Hall–Kier alpha value is -3.73. The van der Waals surface area contributed by atoms with Crippen LogP contribution in [-0.2, 0) is 9.59 Å². The maximum Gasteiger partial charge on any atom is 0.258 e. The van der Waals surface area contributed by atoms with Gasteiger partial charge in [0.2, 0.25) is 5.91 Å². The van der Waals surface area contributed by atoms with Crippen LogP contribution in [0.5, 0.6) is 17.2 Å². The SMILES string of the molecule is COc1ccc(C)cc1NC(=O)CNC(=O)COc1ccc(C#N)cc1OC. The molecule has 2 aromatic carbocycles. The minimum atomic E-state index is -0.474. The van der Waals surface area contributed by atoms with Gasteiger partial charge < -0.3 is 24.8 Å². The van der Waals surface area contributed by atoms with Crippen molar-refractivity contribution in [2.24, 2.45) is 0 Å². The van der Waals surface area contributed by atoms with E-state index in [2.05, 4.69) is 10.6 Å². The molecule has 0 unspecified atom stereocenters. The Morgan fingerprint density at radius 3 is 2.39 bits per heavy atom. The first-order valence-corrected chi connectivity index (χ1v) is 8.39. The van der Waals surface area contributed by atoms with Gasteiger partial charge >= 0.3 is 0 Å². The van der Waals surface area contributed by atoms with E-state index >= 15 is 0 Å². The van der Waals surface area contributed by atoms with E-state index in [9.17, 15) is 9.59 Å². The molecule has 0 radical (unpaired) electrons. The summed E-state index contributed by atoms with van der Waals surface area (Å²) in [6.45, 7) is 1.37. The van der Waals surface area contributed by atoms with Crippen LogP contribution in [0.3, 0.4) is 0 Å². The number of carbonyl (C=O) groups is 2. The van der Waals surface area contributed by atoms with Gasteiger partial charge in [-0.15, -0.1) is 0 Å². The van der Waals surface area contributed by atoms with E-state index in [1.54, 1.807) is 24.3 Å². The van der Waals surface area contributed by atoms with E-state index in [0.717, 1.165) is 5.56 Å². The summed E-state index contributed by atoms with van der Waals surface area (Å²) in [6.07, 6.45) is 0. The van der Waals surface area contributed by atoms with Crippen molar-refractivity contribution in [3.8, 4) is 23.3 Å². The standard InChI is InChI=1S/C20H21N3O5/c1-13-4-6-16(26-2)15(8-13)23-19(24)11-22-20(25)12-28-17-7-5-14(10-21)9-18(17)27-3/h4-9H,11-12H2,1-3H3,(H,22,25)(H,23,24). The van der Waals surface area contributed by atoms with Crippen LogP contribution in [0.2, 0.25) is 0 Å². The number of carbonyl (C=O) groups excluding carboxylic acids is 2. The number of hydrogen-bond acceptors (Lipinski definition) is 6. The Labute approximate surface area is 163 Å². The molecule has 2 aromatic rings. The van der Waals surface area contributed by atoms with Crippen LogP contribution in [0.15, 0.2) is 36.4 Å². The lowest BCUT2D eigenvalue weighted by Gasteiger charge is -2.12. The smallest absolute Gasteiger partial charge is 0.258 e. The van der Waals surface area contributed by atoms with Gasteiger partial charge in [0.25, 0.3) is 5.91 Å². The maximum atomic E-state index is 12.1. The molecule has 0 saturated heterocycles. The summed E-state index contributed by atoms with van der Waals surface area (Å²) < 4.78 is 15.7. The van der Waals surface area contributed by atoms with E-state index in [1.165, 1.54) is 20.3 Å². The third-order valence-corrected chi connectivity index (χ3v) is 3.73. The third kappa shape index (κ3) is 5.64. The van der Waals surface area contributed by atoms with Gasteiger partial charge in [0, 0.05) is 6.07 Å². The normalized spacial score (nSPS) is 9.79. The zero-order chi connectivity index (χ0) is 20.5. The Kier molecular flexibility index (Phi) is 7.22. The highest BCUT2D eigenvalue weighted by atomic mass is 16.5. The summed E-state index contributed by atoms with van der Waals surface area (Å²) in [4.78, 5) is 24.0. The number of ether oxygens (including phenoxy) is 3. The van der Waals surface area contributed by atoms with Gasteiger partial charge in [-0.25, -0.2) is 0 Å². The van der Waals surface area contributed by atoms with Gasteiger partial charge in [0.05, 0.1) is 38.1 Å². The molecule has 2 amide bonds. The molecule has 0 aromatic heterocycles. The largest absolute Gasteiger partial charge is 0.495 e. The number of amides is 2. The first kappa shape index (κ1) is 20.6. The summed E-state index contributed by atoms with van der Waals surface area (Å²) >= 11 is 0. The van der Waals surface area contributed by atoms with Crippen LogP contribution >= 0.6 is 0 Å². The Balaban J connectivity index is 1.85. The molecule has 28 heavy (non-hydrogen) atoms. The van der Waals surface area contributed by atoms with Crippen molar-refractivity contribution in [1.29, 1.82) is 5.26 Å². The molecular formula is C20H21N3O5. The van der Waals surface area contributed by atoms with Crippen LogP contribution in [0.25, 0.3) is 0 Å². The second-order valence-electron chi connectivity index (χ2n) is 5.79. The van der Waals surface area contributed by atoms with Crippen molar-refractivity contribution in [1.82, 2.24) is 5.32 Å². The molecule has 0 atom stereocenters. The lowest BCUT2D eigenvalue weighted by Crippen LogP contribution is -2.35. The van der Waals surface area contributed by atoms with E-state index in [-0.39, 0.29) is 13.2 Å². The van der Waals surface area contributed by atoms with Gasteiger partial charge in [-0.1, -0.05) is 6.07 Å². The predicted molar refractivity (Wildman–Crippen MR) is 103 cm³/mol.